The van der Waals surface area contributed by atoms with Gasteiger partial charge in [-0.2, -0.15) is 0 Å². The molecule has 5 nitrogen and oxygen atoms in total. The molecule has 150 valence electrons. The van der Waals surface area contributed by atoms with Gasteiger partial charge in [-0.25, -0.2) is 4.99 Å². The zero-order valence-electron chi connectivity index (χ0n) is 17.2. The Balaban J connectivity index is 1.88. The number of nitrogens with zero attached hydrogens (tertiary/aromatic N) is 1. The van der Waals surface area contributed by atoms with Gasteiger partial charge in [0.2, 0.25) is 5.90 Å². The number of allylic oxidation sites excluding steroid dienone is 1. The fourth-order valence-corrected chi connectivity index (χ4v) is 3.09. The Kier molecular flexibility index (Phi) is 8.02. The maximum atomic E-state index is 6.19. The van der Waals surface area contributed by atoms with Crippen molar-refractivity contribution in [3.05, 3.63) is 48.0 Å². The Hall–Kier alpha value is -1.69. The van der Waals surface area contributed by atoms with Crippen LogP contribution in [-0.4, -0.2) is 43.1 Å². The summed E-state index contributed by atoms with van der Waals surface area (Å²) in [6.45, 7) is 11.8. The second kappa shape index (κ2) is 10.0. The highest BCUT2D eigenvalue weighted by Gasteiger charge is 2.34. The van der Waals surface area contributed by atoms with Crippen LogP contribution in [0.4, 0.5) is 0 Å². The van der Waals surface area contributed by atoms with Crippen LogP contribution in [0.1, 0.15) is 46.6 Å². The van der Waals surface area contributed by atoms with Crippen molar-refractivity contribution in [2.24, 2.45) is 4.99 Å². The molecule has 0 N–H and O–H groups in total. The molecule has 0 amide bonds. The van der Waals surface area contributed by atoms with E-state index in [4.69, 9.17) is 18.9 Å². The Labute approximate surface area is 163 Å². The minimum absolute atomic E-state index is 0.139. The molecule has 2 rings (SSSR count). The molecule has 0 aromatic heterocycles. The smallest absolute Gasteiger partial charge is 0.210 e. The maximum absolute atomic E-state index is 6.19. The quantitative estimate of drug-likeness (QED) is 0.324. The topological polar surface area (TPSA) is 49.3 Å². The summed E-state index contributed by atoms with van der Waals surface area (Å²) in [7, 11) is 0. The summed E-state index contributed by atoms with van der Waals surface area (Å²) < 4.78 is 23.5. The van der Waals surface area contributed by atoms with Crippen molar-refractivity contribution >= 4 is 5.90 Å². The first-order valence-corrected chi connectivity index (χ1v) is 9.61. The summed E-state index contributed by atoms with van der Waals surface area (Å²) in [5, 5.41) is 0. The Morgan fingerprint density at radius 3 is 2.59 bits per heavy atom. The first kappa shape index (κ1) is 21.6. The second-order valence-electron chi connectivity index (χ2n) is 7.59. The van der Waals surface area contributed by atoms with Gasteiger partial charge in [0, 0.05) is 0 Å². The molecule has 0 radical (unpaired) electrons. The first-order valence-electron chi connectivity index (χ1n) is 9.61. The number of ether oxygens (including phenoxy) is 4. The average molecular weight is 376 g/mol. The zero-order valence-corrected chi connectivity index (χ0v) is 17.2. The van der Waals surface area contributed by atoms with E-state index < -0.39 is 5.60 Å². The molecule has 0 saturated carbocycles. The van der Waals surface area contributed by atoms with Crippen LogP contribution in [0.2, 0.25) is 0 Å². The maximum Gasteiger partial charge on any atom is 0.210 e. The molecule has 0 aliphatic carbocycles. The van der Waals surface area contributed by atoms with Crippen molar-refractivity contribution in [3.63, 3.8) is 0 Å². The predicted molar refractivity (Wildman–Crippen MR) is 108 cm³/mol. The highest BCUT2D eigenvalue weighted by Crippen LogP contribution is 2.25. The summed E-state index contributed by atoms with van der Waals surface area (Å²) in [5.41, 5.74) is 0.362. The van der Waals surface area contributed by atoms with E-state index in [1.807, 2.05) is 70.2 Å². The molecule has 2 atom stereocenters. The standard InChI is InChI=1S/C22H33NO4/c1-6-13-22(5,27-15-20-23-21(3,4)16-25-20)19(7-2)26-17-24-14-18-11-9-8-10-12-18/h6,8-13,19H,7,14-17H2,1-5H3/b13-6+/t19-,22-/m1/s1. The third-order valence-corrected chi connectivity index (χ3v) is 4.50. The van der Waals surface area contributed by atoms with Crippen LogP contribution < -0.4 is 0 Å². The first-order chi connectivity index (χ1) is 12.9. The molecule has 0 bridgehead atoms. The van der Waals surface area contributed by atoms with Crippen LogP contribution in [0.5, 0.6) is 0 Å². The molecule has 0 spiro atoms. The lowest BCUT2D eigenvalue weighted by Gasteiger charge is -2.34. The number of benzene rings is 1. The monoisotopic (exact) mass is 375 g/mol. The molecule has 1 aromatic carbocycles. The van der Waals surface area contributed by atoms with E-state index in [1.54, 1.807) is 0 Å². The summed E-state index contributed by atoms with van der Waals surface area (Å²) >= 11 is 0. The lowest BCUT2D eigenvalue weighted by Crippen LogP contribution is -2.43. The molecule has 1 aliphatic rings. The van der Waals surface area contributed by atoms with E-state index >= 15 is 0 Å². The Morgan fingerprint density at radius 2 is 2.00 bits per heavy atom. The van der Waals surface area contributed by atoms with Crippen molar-refractivity contribution in [2.45, 2.75) is 64.9 Å². The lowest BCUT2D eigenvalue weighted by molar-refractivity contribution is -0.159. The van der Waals surface area contributed by atoms with Crippen LogP contribution in [0.15, 0.2) is 47.5 Å². The van der Waals surface area contributed by atoms with Gasteiger partial charge in [0.05, 0.1) is 18.2 Å². The van der Waals surface area contributed by atoms with Crippen molar-refractivity contribution in [3.8, 4) is 0 Å². The van der Waals surface area contributed by atoms with Crippen LogP contribution in [0, 0.1) is 0 Å². The fraction of sp³-hybridized carbons (Fsp3) is 0.591. The van der Waals surface area contributed by atoms with Crippen molar-refractivity contribution < 1.29 is 18.9 Å². The second-order valence-corrected chi connectivity index (χ2v) is 7.59. The summed E-state index contributed by atoms with van der Waals surface area (Å²) in [6.07, 6.45) is 4.67. The highest BCUT2D eigenvalue weighted by atomic mass is 16.7. The van der Waals surface area contributed by atoms with Gasteiger partial charge in [-0.15, -0.1) is 0 Å². The molecular weight excluding hydrogens is 342 g/mol. The normalized spacial score (nSPS) is 19.5. The van der Waals surface area contributed by atoms with Crippen molar-refractivity contribution in [1.82, 2.24) is 0 Å². The van der Waals surface area contributed by atoms with Gasteiger partial charge in [0.1, 0.15) is 25.6 Å². The number of aliphatic imine (C=N–C) groups is 1. The van der Waals surface area contributed by atoms with E-state index in [1.165, 1.54) is 0 Å². The van der Waals surface area contributed by atoms with Gasteiger partial charge in [-0.3, -0.25) is 0 Å². The molecule has 5 heteroatoms. The number of rotatable bonds is 11. The fourth-order valence-electron chi connectivity index (χ4n) is 3.09. The minimum Gasteiger partial charge on any atom is -0.477 e. The SMILES string of the molecule is C/C=C/[C@@](C)(OCC1=NC(C)(C)CO1)[C@@H](CC)OCOCc1ccccc1. The summed E-state index contributed by atoms with van der Waals surface area (Å²) in [5.74, 6) is 0.644. The molecule has 27 heavy (non-hydrogen) atoms. The van der Waals surface area contributed by atoms with E-state index in [0.717, 1.165) is 12.0 Å². The van der Waals surface area contributed by atoms with Crippen molar-refractivity contribution in [2.75, 3.05) is 20.0 Å². The molecule has 1 aliphatic heterocycles. The van der Waals surface area contributed by atoms with Crippen molar-refractivity contribution in [1.29, 1.82) is 0 Å². The van der Waals surface area contributed by atoms with Crippen LogP contribution in [0.3, 0.4) is 0 Å². The predicted octanol–water partition coefficient (Wildman–Crippen LogP) is 4.51. The summed E-state index contributed by atoms with van der Waals surface area (Å²) in [4.78, 5) is 4.56. The third-order valence-electron chi connectivity index (χ3n) is 4.50. The molecule has 0 saturated heterocycles. The van der Waals surface area contributed by atoms with Crippen LogP contribution in [-0.2, 0) is 25.6 Å². The molecule has 1 heterocycles. The van der Waals surface area contributed by atoms with Gasteiger partial charge < -0.3 is 18.9 Å². The average Bonchev–Trinajstić information content (AvgIpc) is 3.00. The third kappa shape index (κ3) is 6.76. The lowest BCUT2D eigenvalue weighted by atomic mass is 9.96. The minimum atomic E-state index is -0.585. The number of hydrogen-bond acceptors (Lipinski definition) is 5. The van der Waals surface area contributed by atoms with Gasteiger partial charge in [0.25, 0.3) is 0 Å². The van der Waals surface area contributed by atoms with E-state index in [2.05, 4.69) is 11.9 Å². The Bertz CT molecular complexity index is 626. The number of hydrogen-bond donors (Lipinski definition) is 0. The van der Waals surface area contributed by atoms with E-state index in [-0.39, 0.29) is 18.4 Å². The summed E-state index contributed by atoms with van der Waals surface area (Å²) in [6, 6.07) is 10.1. The molecular formula is C22H33NO4. The van der Waals surface area contributed by atoms with Gasteiger partial charge in [0.15, 0.2) is 0 Å². The van der Waals surface area contributed by atoms with Crippen LogP contribution in [0.25, 0.3) is 0 Å². The molecule has 1 aromatic rings. The largest absolute Gasteiger partial charge is 0.477 e. The molecule has 0 unspecified atom stereocenters. The van der Waals surface area contributed by atoms with Crippen LogP contribution >= 0.6 is 0 Å². The zero-order chi connectivity index (χ0) is 19.8. The van der Waals surface area contributed by atoms with Gasteiger partial charge >= 0.3 is 0 Å². The van der Waals surface area contributed by atoms with Gasteiger partial charge in [-0.05, 0) is 39.7 Å². The van der Waals surface area contributed by atoms with E-state index in [0.29, 0.717) is 25.7 Å². The Morgan fingerprint density at radius 1 is 1.26 bits per heavy atom. The molecule has 0 fully saturated rings. The van der Waals surface area contributed by atoms with E-state index in [9.17, 15) is 0 Å². The highest BCUT2D eigenvalue weighted by molar-refractivity contribution is 5.79. The van der Waals surface area contributed by atoms with Gasteiger partial charge in [-0.1, -0.05) is 49.4 Å².